The van der Waals surface area contributed by atoms with Crippen molar-refractivity contribution >= 4 is 17.4 Å². The Morgan fingerprint density at radius 3 is 2.68 bits per heavy atom. The van der Waals surface area contributed by atoms with Crippen LogP contribution in [0.5, 0.6) is 0 Å². The van der Waals surface area contributed by atoms with Crippen molar-refractivity contribution in [2.45, 2.75) is 46.0 Å². The number of hydrogen-bond acceptors (Lipinski definition) is 5. The van der Waals surface area contributed by atoms with Crippen molar-refractivity contribution in [1.82, 2.24) is 9.97 Å². The minimum absolute atomic E-state index is 0.110. The number of nitriles is 1. The first kappa shape index (κ1) is 19.6. The van der Waals surface area contributed by atoms with Gasteiger partial charge in [-0.1, -0.05) is 0 Å². The van der Waals surface area contributed by atoms with Gasteiger partial charge in [0.15, 0.2) is 0 Å². The SMILES string of the molecule is Cc1[nH]c(=O)c(C#N)c(C)c1CCC(=O)Nc1ccc(N2CCCCC2)nc1. The standard InChI is InChI=1S/C21H25N5O2/c1-14-17(15(2)24-21(28)18(14)12-22)7-9-20(27)25-16-6-8-19(23-13-16)26-10-4-3-5-11-26/h6,8,13H,3-5,7,9-11H2,1-2H3,(H,24,28)(H,25,27). The van der Waals surface area contributed by atoms with E-state index in [2.05, 4.69) is 20.2 Å². The van der Waals surface area contributed by atoms with Crippen LogP contribution in [-0.4, -0.2) is 29.0 Å². The lowest BCUT2D eigenvalue weighted by molar-refractivity contribution is -0.116. The zero-order valence-corrected chi connectivity index (χ0v) is 16.3. The summed E-state index contributed by atoms with van der Waals surface area (Å²) in [5.74, 6) is 0.817. The molecule has 0 unspecified atom stereocenters. The maximum Gasteiger partial charge on any atom is 0.266 e. The molecule has 3 heterocycles. The van der Waals surface area contributed by atoms with Crippen molar-refractivity contribution < 1.29 is 4.79 Å². The van der Waals surface area contributed by atoms with Crippen LogP contribution >= 0.6 is 0 Å². The zero-order valence-electron chi connectivity index (χ0n) is 16.3. The van der Waals surface area contributed by atoms with Crippen molar-refractivity contribution in [3.63, 3.8) is 0 Å². The third kappa shape index (κ3) is 4.39. The average molecular weight is 379 g/mol. The van der Waals surface area contributed by atoms with E-state index < -0.39 is 0 Å². The number of hydrogen-bond donors (Lipinski definition) is 2. The first-order chi connectivity index (χ1) is 13.5. The van der Waals surface area contributed by atoms with Crippen LogP contribution in [0.4, 0.5) is 11.5 Å². The molecule has 7 nitrogen and oxygen atoms in total. The van der Waals surface area contributed by atoms with Gasteiger partial charge in [0.2, 0.25) is 5.91 Å². The molecule has 1 aliphatic heterocycles. The molecule has 0 aromatic carbocycles. The molecule has 0 radical (unpaired) electrons. The molecule has 28 heavy (non-hydrogen) atoms. The number of rotatable bonds is 5. The van der Waals surface area contributed by atoms with E-state index in [0.717, 1.165) is 24.5 Å². The predicted octanol–water partition coefficient (Wildman–Crippen LogP) is 2.82. The van der Waals surface area contributed by atoms with Gasteiger partial charge in [0.25, 0.3) is 5.56 Å². The van der Waals surface area contributed by atoms with Crippen LogP contribution in [0.1, 0.15) is 48.1 Å². The highest BCUT2D eigenvalue weighted by Gasteiger charge is 2.14. The predicted molar refractivity (Wildman–Crippen MR) is 109 cm³/mol. The summed E-state index contributed by atoms with van der Waals surface area (Å²) in [6, 6.07) is 5.75. The average Bonchev–Trinajstić information content (AvgIpc) is 2.69. The quantitative estimate of drug-likeness (QED) is 0.832. The van der Waals surface area contributed by atoms with E-state index in [1.807, 2.05) is 18.2 Å². The number of carbonyl (C=O) groups excluding carboxylic acids is 1. The topological polar surface area (TPSA) is 102 Å². The number of carbonyl (C=O) groups is 1. The van der Waals surface area contributed by atoms with Gasteiger partial charge in [-0.3, -0.25) is 9.59 Å². The normalized spacial score (nSPS) is 13.8. The number of aryl methyl sites for hydroxylation is 1. The van der Waals surface area contributed by atoms with Crippen LogP contribution in [0, 0.1) is 25.2 Å². The fourth-order valence-electron chi connectivity index (χ4n) is 3.65. The highest BCUT2D eigenvalue weighted by atomic mass is 16.1. The fourth-order valence-corrected chi connectivity index (χ4v) is 3.65. The Labute approximate surface area is 164 Å². The van der Waals surface area contributed by atoms with E-state index >= 15 is 0 Å². The van der Waals surface area contributed by atoms with Gasteiger partial charge in [0, 0.05) is 25.2 Å². The lowest BCUT2D eigenvalue weighted by Crippen LogP contribution is -2.30. The number of aromatic amines is 1. The number of aromatic nitrogens is 2. The molecule has 0 spiro atoms. The third-order valence-electron chi connectivity index (χ3n) is 5.23. The number of piperidine rings is 1. The van der Waals surface area contributed by atoms with Gasteiger partial charge in [-0.15, -0.1) is 0 Å². The molecule has 0 atom stereocenters. The van der Waals surface area contributed by atoms with Gasteiger partial charge in [0.1, 0.15) is 17.5 Å². The molecule has 2 aromatic rings. The van der Waals surface area contributed by atoms with Crippen LogP contribution in [0.3, 0.4) is 0 Å². The molecule has 0 bridgehead atoms. The van der Waals surface area contributed by atoms with Gasteiger partial charge >= 0.3 is 0 Å². The van der Waals surface area contributed by atoms with Gasteiger partial charge in [-0.05, 0) is 62.8 Å². The molecule has 0 saturated carbocycles. The number of nitrogens with one attached hydrogen (secondary N) is 2. The Bertz CT molecular complexity index is 950. The first-order valence-corrected chi connectivity index (χ1v) is 9.63. The van der Waals surface area contributed by atoms with Crippen molar-refractivity contribution in [1.29, 1.82) is 5.26 Å². The Morgan fingerprint density at radius 2 is 2.04 bits per heavy atom. The molecule has 1 saturated heterocycles. The lowest BCUT2D eigenvalue weighted by atomic mass is 9.99. The summed E-state index contributed by atoms with van der Waals surface area (Å²) >= 11 is 0. The van der Waals surface area contributed by atoms with E-state index in [1.54, 1.807) is 20.0 Å². The second kappa shape index (κ2) is 8.70. The maximum absolute atomic E-state index is 12.3. The summed E-state index contributed by atoms with van der Waals surface area (Å²) in [4.78, 5) is 33.6. The summed E-state index contributed by atoms with van der Waals surface area (Å²) in [6.07, 6.45) is 6.05. The van der Waals surface area contributed by atoms with Crippen LogP contribution in [0.15, 0.2) is 23.1 Å². The number of anilines is 2. The molecular weight excluding hydrogens is 354 g/mol. The van der Waals surface area contributed by atoms with Crippen LogP contribution in [0.2, 0.25) is 0 Å². The van der Waals surface area contributed by atoms with E-state index in [9.17, 15) is 9.59 Å². The van der Waals surface area contributed by atoms with Crippen molar-refractivity contribution in [3.8, 4) is 6.07 Å². The Hall–Kier alpha value is -3.14. The van der Waals surface area contributed by atoms with Crippen molar-refractivity contribution in [3.05, 3.63) is 51.1 Å². The fraction of sp³-hybridized carbons (Fsp3) is 0.429. The van der Waals surface area contributed by atoms with Gasteiger partial charge in [0.05, 0.1) is 11.9 Å². The first-order valence-electron chi connectivity index (χ1n) is 9.63. The number of H-pyrrole nitrogens is 1. The molecule has 1 amide bonds. The minimum atomic E-state index is -0.384. The molecule has 1 aliphatic rings. The largest absolute Gasteiger partial charge is 0.357 e. The second-order valence-electron chi connectivity index (χ2n) is 7.17. The third-order valence-corrected chi connectivity index (χ3v) is 5.23. The van der Waals surface area contributed by atoms with E-state index in [-0.39, 0.29) is 23.5 Å². The molecule has 0 aliphatic carbocycles. The van der Waals surface area contributed by atoms with Crippen LogP contribution in [0.25, 0.3) is 0 Å². The summed E-state index contributed by atoms with van der Waals surface area (Å²) < 4.78 is 0. The van der Waals surface area contributed by atoms with Crippen LogP contribution < -0.4 is 15.8 Å². The summed E-state index contributed by atoms with van der Waals surface area (Å²) in [5, 5.41) is 12.0. The zero-order chi connectivity index (χ0) is 20.1. The van der Waals surface area contributed by atoms with Gasteiger partial charge < -0.3 is 15.2 Å². The van der Waals surface area contributed by atoms with E-state index in [1.165, 1.54) is 19.3 Å². The molecular formula is C21H25N5O2. The lowest BCUT2D eigenvalue weighted by Gasteiger charge is -2.27. The summed E-state index contributed by atoms with van der Waals surface area (Å²) in [5.41, 5.74) is 2.57. The van der Waals surface area contributed by atoms with Gasteiger partial charge in [-0.25, -0.2) is 4.98 Å². The summed E-state index contributed by atoms with van der Waals surface area (Å²) in [6.45, 7) is 5.59. The van der Waals surface area contributed by atoms with Gasteiger partial charge in [-0.2, -0.15) is 5.26 Å². The number of nitrogens with zero attached hydrogens (tertiary/aromatic N) is 3. The van der Waals surface area contributed by atoms with E-state index in [4.69, 9.17) is 5.26 Å². The second-order valence-corrected chi connectivity index (χ2v) is 7.17. The minimum Gasteiger partial charge on any atom is -0.357 e. The molecule has 146 valence electrons. The van der Waals surface area contributed by atoms with Crippen LogP contribution in [-0.2, 0) is 11.2 Å². The highest BCUT2D eigenvalue weighted by molar-refractivity contribution is 5.90. The highest BCUT2D eigenvalue weighted by Crippen LogP contribution is 2.19. The number of pyridine rings is 2. The van der Waals surface area contributed by atoms with Crippen molar-refractivity contribution in [2.24, 2.45) is 0 Å². The Balaban J connectivity index is 1.61. The molecule has 7 heteroatoms. The molecule has 1 fully saturated rings. The maximum atomic E-state index is 12.3. The monoisotopic (exact) mass is 379 g/mol. The number of amides is 1. The molecule has 2 aromatic heterocycles. The molecule has 2 N–H and O–H groups in total. The Kier molecular flexibility index (Phi) is 6.09. The summed E-state index contributed by atoms with van der Waals surface area (Å²) in [7, 11) is 0. The Morgan fingerprint density at radius 1 is 1.29 bits per heavy atom. The smallest absolute Gasteiger partial charge is 0.266 e. The molecule has 3 rings (SSSR count). The van der Waals surface area contributed by atoms with Crippen molar-refractivity contribution in [2.75, 3.05) is 23.3 Å². The van der Waals surface area contributed by atoms with E-state index in [0.29, 0.717) is 23.4 Å².